The van der Waals surface area contributed by atoms with Gasteiger partial charge < -0.3 is 10.4 Å². The molecule has 0 saturated carbocycles. The first kappa shape index (κ1) is 10.5. The van der Waals surface area contributed by atoms with Crippen molar-refractivity contribution in [2.45, 2.75) is 26.3 Å². The van der Waals surface area contributed by atoms with Gasteiger partial charge in [0.1, 0.15) is 11.4 Å². The van der Waals surface area contributed by atoms with Gasteiger partial charge in [-0.2, -0.15) is 0 Å². The Morgan fingerprint density at radius 1 is 1.71 bits per heavy atom. The summed E-state index contributed by atoms with van der Waals surface area (Å²) in [5, 5.41) is 11.9. The highest BCUT2D eigenvalue weighted by Crippen LogP contribution is 2.12. The van der Waals surface area contributed by atoms with E-state index in [1.54, 1.807) is 18.3 Å². The third-order valence-corrected chi connectivity index (χ3v) is 2.03. The SMILES string of the molecule is CC[C@@H](C)Nc1ncccc1C(=O)O. The highest BCUT2D eigenvalue weighted by molar-refractivity contribution is 5.93. The Balaban J connectivity index is 2.90. The second-order valence-corrected chi connectivity index (χ2v) is 3.16. The van der Waals surface area contributed by atoms with Gasteiger partial charge in [0.2, 0.25) is 0 Å². The highest BCUT2D eigenvalue weighted by atomic mass is 16.4. The van der Waals surface area contributed by atoms with Gasteiger partial charge in [-0.3, -0.25) is 0 Å². The lowest BCUT2D eigenvalue weighted by Gasteiger charge is -2.13. The molecule has 0 saturated heterocycles. The predicted molar refractivity (Wildman–Crippen MR) is 54.6 cm³/mol. The maximum absolute atomic E-state index is 10.8. The van der Waals surface area contributed by atoms with Gasteiger partial charge in [0, 0.05) is 12.2 Å². The molecule has 0 radical (unpaired) electrons. The van der Waals surface area contributed by atoms with Gasteiger partial charge in [-0.05, 0) is 25.5 Å². The number of carboxylic acid groups (broad SMARTS) is 1. The highest BCUT2D eigenvalue weighted by Gasteiger charge is 2.11. The lowest BCUT2D eigenvalue weighted by molar-refractivity contribution is 0.0697. The van der Waals surface area contributed by atoms with E-state index < -0.39 is 5.97 Å². The second-order valence-electron chi connectivity index (χ2n) is 3.16. The Bertz CT molecular complexity index is 326. The van der Waals surface area contributed by atoms with E-state index in [-0.39, 0.29) is 11.6 Å². The third-order valence-electron chi connectivity index (χ3n) is 2.03. The van der Waals surface area contributed by atoms with E-state index in [0.717, 1.165) is 6.42 Å². The average molecular weight is 194 g/mol. The van der Waals surface area contributed by atoms with E-state index in [1.165, 1.54) is 0 Å². The van der Waals surface area contributed by atoms with Gasteiger partial charge >= 0.3 is 5.97 Å². The molecule has 0 aromatic carbocycles. The normalized spacial score (nSPS) is 12.1. The number of hydrogen-bond acceptors (Lipinski definition) is 3. The van der Waals surface area contributed by atoms with Gasteiger partial charge in [-0.1, -0.05) is 6.92 Å². The molecule has 1 atom stereocenters. The molecular formula is C10H14N2O2. The van der Waals surface area contributed by atoms with Crippen LogP contribution in [-0.2, 0) is 0 Å². The maximum Gasteiger partial charge on any atom is 0.339 e. The first-order chi connectivity index (χ1) is 6.65. The number of anilines is 1. The molecule has 0 bridgehead atoms. The zero-order valence-electron chi connectivity index (χ0n) is 8.32. The summed E-state index contributed by atoms with van der Waals surface area (Å²) in [5.41, 5.74) is 0.216. The van der Waals surface area contributed by atoms with E-state index >= 15 is 0 Å². The number of hydrogen-bond donors (Lipinski definition) is 2. The minimum atomic E-state index is -0.955. The summed E-state index contributed by atoms with van der Waals surface area (Å²) in [6.07, 6.45) is 2.51. The number of nitrogens with one attached hydrogen (secondary N) is 1. The van der Waals surface area contributed by atoms with Crippen LogP contribution < -0.4 is 5.32 Å². The third kappa shape index (κ3) is 2.45. The lowest BCUT2D eigenvalue weighted by Crippen LogP contribution is -2.17. The lowest BCUT2D eigenvalue weighted by atomic mass is 10.2. The number of carboxylic acids is 1. The molecule has 2 N–H and O–H groups in total. The molecule has 0 spiro atoms. The monoisotopic (exact) mass is 194 g/mol. The second kappa shape index (κ2) is 4.60. The van der Waals surface area contributed by atoms with Crippen molar-refractivity contribution < 1.29 is 9.90 Å². The van der Waals surface area contributed by atoms with Crippen molar-refractivity contribution in [1.29, 1.82) is 0 Å². The largest absolute Gasteiger partial charge is 0.478 e. The van der Waals surface area contributed by atoms with Crippen molar-refractivity contribution in [3.63, 3.8) is 0 Å². The first-order valence-corrected chi connectivity index (χ1v) is 4.60. The minimum absolute atomic E-state index is 0.216. The number of carbonyl (C=O) groups is 1. The van der Waals surface area contributed by atoms with Crippen molar-refractivity contribution >= 4 is 11.8 Å². The van der Waals surface area contributed by atoms with Gasteiger partial charge in [-0.25, -0.2) is 9.78 Å². The smallest absolute Gasteiger partial charge is 0.339 e. The van der Waals surface area contributed by atoms with Gasteiger partial charge in [0.25, 0.3) is 0 Å². The zero-order valence-corrected chi connectivity index (χ0v) is 8.32. The van der Waals surface area contributed by atoms with Crippen LogP contribution in [0.4, 0.5) is 5.82 Å². The Labute approximate surface area is 83.0 Å². The summed E-state index contributed by atoms with van der Waals surface area (Å²) in [7, 11) is 0. The van der Waals surface area contributed by atoms with Gasteiger partial charge in [0.15, 0.2) is 0 Å². The predicted octanol–water partition coefficient (Wildman–Crippen LogP) is 1.99. The summed E-state index contributed by atoms with van der Waals surface area (Å²) in [6.45, 7) is 4.02. The number of aromatic nitrogens is 1. The van der Waals surface area contributed by atoms with Crippen molar-refractivity contribution in [3.8, 4) is 0 Å². The van der Waals surface area contributed by atoms with Crippen LogP contribution in [0.25, 0.3) is 0 Å². The molecule has 0 aliphatic carbocycles. The number of rotatable bonds is 4. The molecule has 1 heterocycles. The molecule has 0 aliphatic heterocycles. The molecule has 76 valence electrons. The van der Waals surface area contributed by atoms with Crippen LogP contribution in [0.2, 0.25) is 0 Å². The van der Waals surface area contributed by atoms with E-state index in [4.69, 9.17) is 5.11 Å². The minimum Gasteiger partial charge on any atom is -0.478 e. The fraction of sp³-hybridized carbons (Fsp3) is 0.400. The van der Waals surface area contributed by atoms with Crippen molar-refractivity contribution in [1.82, 2.24) is 4.98 Å². The summed E-state index contributed by atoms with van der Waals surface area (Å²) in [5.74, 6) is -0.516. The number of nitrogens with zero attached hydrogens (tertiary/aromatic N) is 1. The molecule has 1 rings (SSSR count). The quantitative estimate of drug-likeness (QED) is 0.769. The van der Waals surface area contributed by atoms with Crippen LogP contribution in [0.5, 0.6) is 0 Å². The van der Waals surface area contributed by atoms with Crippen molar-refractivity contribution in [2.24, 2.45) is 0 Å². The molecule has 4 heteroatoms. The maximum atomic E-state index is 10.8. The molecule has 0 fully saturated rings. The molecule has 0 aliphatic rings. The number of pyridine rings is 1. The van der Waals surface area contributed by atoms with Crippen LogP contribution in [0.3, 0.4) is 0 Å². The summed E-state index contributed by atoms with van der Waals surface area (Å²) in [4.78, 5) is 14.8. The standard InChI is InChI=1S/C10H14N2O2/c1-3-7(2)12-9-8(10(13)14)5-4-6-11-9/h4-7H,3H2,1-2H3,(H,11,12)(H,13,14)/t7-/m1/s1. The fourth-order valence-corrected chi connectivity index (χ4v) is 1.03. The Morgan fingerprint density at radius 2 is 2.43 bits per heavy atom. The Kier molecular flexibility index (Phi) is 3.45. The van der Waals surface area contributed by atoms with Crippen LogP contribution in [0, 0.1) is 0 Å². The molecule has 14 heavy (non-hydrogen) atoms. The fourth-order valence-electron chi connectivity index (χ4n) is 1.03. The molecule has 1 aromatic rings. The molecule has 0 amide bonds. The summed E-state index contributed by atoms with van der Waals surface area (Å²) >= 11 is 0. The van der Waals surface area contributed by atoms with E-state index in [9.17, 15) is 4.79 Å². The summed E-state index contributed by atoms with van der Waals surface area (Å²) < 4.78 is 0. The molecular weight excluding hydrogens is 180 g/mol. The topological polar surface area (TPSA) is 62.2 Å². The van der Waals surface area contributed by atoms with Crippen molar-refractivity contribution in [3.05, 3.63) is 23.9 Å². The molecule has 0 unspecified atom stereocenters. The van der Waals surface area contributed by atoms with Gasteiger partial charge in [0.05, 0.1) is 0 Å². The van der Waals surface area contributed by atoms with Crippen LogP contribution in [0.1, 0.15) is 30.6 Å². The average Bonchev–Trinajstić information content (AvgIpc) is 2.18. The van der Waals surface area contributed by atoms with Crippen LogP contribution in [-0.4, -0.2) is 22.1 Å². The van der Waals surface area contributed by atoms with Crippen molar-refractivity contribution in [2.75, 3.05) is 5.32 Å². The van der Waals surface area contributed by atoms with E-state index in [2.05, 4.69) is 10.3 Å². The first-order valence-electron chi connectivity index (χ1n) is 4.60. The molecule has 1 aromatic heterocycles. The van der Waals surface area contributed by atoms with E-state index in [1.807, 2.05) is 13.8 Å². The summed E-state index contributed by atoms with van der Waals surface area (Å²) in [6, 6.07) is 3.38. The number of aromatic carboxylic acids is 1. The molecule has 4 nitrogen and oxygen atoms in total. The Hall–Kier alpha value is -1.58. The Morgan fingerprint density at radius 3 is 3.00 bits per heavy atom. The van der Waals surface area contributed by atoms with Crippen LogP contribution in [0.15, 0.2) is 18.3 Å². The van der Waals surface area contributed by atoms with Crippen LogP contribution >= 0.6 is 0 Å². The van der Waals surface area contributed by atoms with E-state index in [0.29, 0.717) is 5.82 Å². The zero-order chi connectivity index (χ0) is 10.6. The van der Waals surface area contributed by atoms with Gasteiger partial charge in [-0.15, -0.1) is 0 Å².